The van der Waals surface area contributed by atoms with E-state index < -0.39 is 0 Å². The van der Waals surface area contributed by atoms with Crippen LogP contribution in [0.3, 0.4) is 0 Å². The first-order valence-corrected chi connectivity index (χ1v) is 7.29. The number of hydrogen-bond acceptors (Lipinski definition) is 3. The number of fused-ring (bicyclic) bond motifs is 1. The summed E-state index contributed by atoms with van der Waals surface area (Å²) < 4.78 is 0.766. The standard InChI is InChI=1S/C16H12BrNO3/c17-11-3-6-13-14(9-11)16(21)18(15(13)20)12-4-1-10(2-5-12)7-8-19/h1-6,9,19H,7-8H2. The van der Waals surface area contributed by atoms with Gasteiger partial charge in [0.2, 0.25) is 0 Å². The van der Waals surface area contributed by atoms with Gasteiger partial charge in [-0.3, -0.25) is 9.59 Å². The van der Waals surface area contributed by atoms with Crippen LogP contribution in [-0.2, 0) is 6.42 Å². The Hall–Kier alpha value is -1.98. The van der Waals surface area contributed by atoms with E-state index in [1.165, 1.54) is 4.90 Å². The molecule has 0 aliphatic carbocycles. The van der Waals surface area contributed by atoms with Crippen molar-refractivity contribution >= 4 is 33.4 Å². The number of imide groups is 1. The minimum absolute atomic E-state index is 0.0698. The number of hydrogen-bond donors (Lipinski definition) is 1. The molecule has 0 saturated carbocycles. The Balaban J connectivity index is 1.97. The number of nitrogens with zero attached hydrogens (tertiary/aromatic N) is 1. The summed E-state index contributed by atoms with van der Waals surface area (Å²) in [5, 5.41) is 8.91. The molecule has 1 aliphatic heterocycles. The third-order valence-electron chi connectivity index (χ3n) is 3.44. The van der Waals surface area contributed by atoms with Crippen molar-refractivity contribution in [3.05, 3.63) is 63.6 Å². The molecule has 21 heavy (non-hydrogen) atoms. The zero-order valence-corrected chi connectivity index (χ0v) is 12.6. The maximum atomic E-state index is 12.4. The van der Waals surface area contributed by atoms with Gasteiger partial charge in [-0.15, -0.1) is 0 Å². The van der Waals surface area contributed by atoms with E-state index in [9.17, 15) is 9.59 Å². The lowest BCUT2D eigenvalue weighted by Gasteiger charge is -2.14. The quantitative estimate of drug-likeness (QED) is 0.870. The molecular formula is C16H12BrNO3. The topological polar surface area (TPSA) is 57.6 Å². The number of rotatable bonds is 3. The van der Waals surface area contributed by atoms with Crippen molar-refractivity contribution in [1.29, 1.82) is 0 Å². The van der Waals surface area contributed by atoms with E-state index in [2.05, 4.69) is 15.9 Å². The third-order valence-corrected chi connectivity index (χ3v) is 3.94. The van der Waals surface area contributed by atoms with Crippen LogP contribution in [0.1, 0.15) is 26.3 Å². The van der Waals surface area contributed by atoms with Gasteiger partial charge in [0.05, 0.1) is 16.8 Å². The first kappa shape index (κ1) is 14.0. The van der Waals surface area contributed by atoms with Crippen LogP contribution < -0.4 is 4.90 Å². The van der Waals surface area contributed by atoms with Crippen LogP contribution in [0.4, 0.5) is 5.69 Å². The van der Waals surface area contributed by atoms with Crippen molar-refractivity contribution in [3.63, 3.8) is 0 Å². The predicted octanol–water partition coefficient (Wildman–Crippen LogP) is 2.78. The molecule has 0 fully saturated rings. The van der Waals surface area contributed by atoms with Crippen LogP contribution in [0.5, 0.6) is 0 Å². The highest BCUT2D eigenvalue weighted by molar-refractivity contribution is 9.10. The third kappa shape index (κ3) is 2.39. The Morgan fingerprint density at radius 1 is 0.952 bits per heavy atom. The van der Waals surface area contributed by atoms with Crippen LogP contribution in [0.15, 0.2) is 46.9 Å². The first-order chi connectivity index (χ1) is 10.1. The first-order valence-electron chi connectivity index (χ1n) is 6.50. The van der Waals surface area contributed by atoms with Gasteiger partial charge in [-0.25, -0.2) is 4.90 Å². The predicted molar refractivity (Wildman–Crippen MR) is 82.5 cm³/mol. The number of halogens is 1. The average molecular weight is 346 g/mol. The van der Waals surface area contributed by atoms with Crippen molar-refractivity contribution in [1.82, 2.24) is 0 Å². The molecule has 0 saturated heterocycles. The number of aliphatic hydroxyl groups excluding tert-OH is 1. The van der Waals surface area contributed by atoms with Gasteiger partial charge in [-0.1, -0.05) is 28.1 Å². The van der Waals surface area contributed by atoms with E-state index in [1.807, 2.05) is 12.1 Å². The van der Waals surface area contributed by atoms with Crippen LogP contribution in [0.25, 0.3) is 0 Å². The van der Waals surface area contributed by atoms with Crippen molar-refractivity contribution < 1.29 is 14.7 Å². The number of aliphatic hydroxyl groups is 1. The fraction of sp³-hybridized carbons (Fsp3) is 0.125. The van der Waals surface area contributed by atoms with E-state index in [0.29, 0.717) is 23.2 Å². The van der Waals surface area contributed by atoms with Crippen molar-refractivity contribution in [2.45, 2.75) is 6.42 Å². The molecule has 5 heteroatoms. The molecule has 0 radical (unpaired) electrons. The van der Waals surface area contributed by atoms with Crippen molar-refractivity contribution in [2.24, 2.45) is 0 Å². The summed E-state index contributed by atoms with van der Waals surface area (Å²) in [6.07, 6.45) is 0.551. The number of amides is 2. The zero-order valence-electron chi connectivity index (χ0n) is 11.0. The summed E-state index contributed by atoms with van der Waals surface area (Å²) in [5.74, 6) is -0.622. The zero-order chi connectivity index (χ0) is 15.0. The Bertz CT molecular complexity index is 725. The number of carbonyl (C=O) groups excluding carboxylic acids is 2. The monoisotopic (exact) mass is 345 g/mol. The highest BCUT2D eigenvalue weighted by atomic mass is 79.9. The molecule has 2 aromatic rings. The highest BCUT2D eigenvalue weighted by Gasteiger charge is 2.36. The summed E-state index contributed by atoms with van der Waals surface area (Å²) in [7, 11) is 0. The summed E-state index contributed by atoms with van der Waals surface area (Å²) in [6.45, 7) is 0.0698. The molecule has 0 unspecified atom stereocenters. The summed E-state index contributed by atoms with van der Waals surface area (Å²) >= 11 is 3.31. The molecule has 2 aromatic carbocycles. The molecule has 106 valence electrons. The lowest BCUT2D eigenvalue weighted by atomic mass is 10.1. The maximum Gasteiger partial charge on any atom is 0.266 e. The molecule has 1 N–H and O–H groups in total. The van der Waals surface area contributed by atoms with E-state index in [-0.39, 0.29) is 18.4 Å². The lowest BCUT2D eigenvalue weighted by Crippen LogP contribution is -2.29. The van der Waals surface area contributed by atoms with Gasteiger partial charge in [0.1, 0.15) is 0 Å². The average Bonchev–Trinajstić information content (AvgIpc) is 2.72. The molecule has 2 amide bonds. The summed E-state index contributed by atoms with van der Waals surface area (Å²) in [6, 6.07) is 12.1. The lowest BCUT2D eigenvalue weighted by molar-refractivity contribution is 0.0926. The van der Waals surface area contributed by atoms with E-state index >= 15 is 0 Å². The number of anilines is 1. The fourth-order valence-corrected chi connectivity index (χ4v) is 2.75. The molecule has 1 heterocycles. The van der Waals surface area contributed by atoms with Crippen LogP contribution in [0.2, 0.25) is 0 Å². The second-order valence-electron chi connectivity index (χ2n) is 4.78. The SMILES string of the molecule is O=C1c2ccc(Br)cc2C(=O)N1c1ccc(CCO)cc1. The molecule has 3 rings (SSSR count). The largest absolute Gasteiger partial charge is 0.396 e. The normalized spacial score (nSPS) is 13.7. The van der Waals surface area contributed by atoms with Gasteiger partial charge in [0, 0.05) is 11.1 Å². The fourth-order valence-electron chi connectivity index (χ4n) is 2.39. The summed E-state index contributed by atoms with van der Waals surface area (Å²) in [4.78, 5) is 26.0. The highest BCUT2D eigenvalue weighted by Crippen LogP contribution is 2.30. The minimum atomic E-state index is -0.314. The molecule has 0 spiro atoms. The van der Waals surface area contributed by atoms with Crippen LogP contribution in [-0.4, -0.2) is 23.5 Å². The van der Waals surface area contributed by atoms with E-state index in [1.54, 1.807) is 30.3 Å². The Kier molecular flexibility index (Phi) is 3.61. The van der Waals surface area contributed by atoms with Gasteiger partial charge in [-0.2, -0.15) is 0 Å². The summed E-state index contributed by atoms with van der Waals surface area (Å²) in [5.41, 5.74) is 2.33. The molecule has 0 bridgehead atoms. The molecule has 0 aromatic heterocycles. The Morgan fingerprint density at radius 3 is 2.29 bits per heavy atom. The second kappa shape index (κ2) is 5.42. The Labute approximate surface area is 130 Å². The van der Waals surface area contributed by atoms with Gasteiger partial charge < -0.3 is 5.11 Å². The van der Waals surface area contributed by atoms with E-state index in [0.717, 1.165) is 10.0 Å². The van der Waals surface area contributed by atoms with E-state index in [4.69, 9.17) is 5.11 Å². The second-order valence-corrected chi connectivity index (χ2v) is 5.69. The Morgan fingerprint density at radius 2 is 1.62 bits per heavy atom. The van der Waals surface area contributed by atoms with Gasteiger partial charge in [0.25, 0.3) is 11.8 Å². The van der Waals surface area contributed by atoms with Gasteiger partial charge in [0.15, 0.2) is 0 Å². The van der Waals surface area contributed by atoms with Gasteiger partial charge >= 0.3 is 0 Å². The molecular weight excluding hydrogens is 334 g/mol. The number of benzene rings is 2. The smallest absolute Gasteiger partial charge is 0.266 e. The number of carbonyl (C=O) groups is 2. The molecule has 0 atom stereocenters. The van der Waals surface area contributed by atoms with Crippen molar-refractivity contribution in [3.8, 4) is 0 Å². The van der Waals surface area contributed by atoms with Crippen LogP contribution >= 0.6 is 15.9 Å². The van der Waals surface area contributed by atoms with Crippen molar-refractivity contribution in [2.75, 3.05) is 11.5 Å². The molecule has 1 aliphatic rings. The van der Waals surface area contributed by atoms with Gasteiger partial charge in [-0.05, 0) is 42.3 Å². The molecule has 4 nitrogen and oxygen atoms in total. The van der Waals surface area contributed by atoms with Crippen LogP contribution in [0, 0.1) is 0 Å². The minimum Gasteiger partial charge on any atom is -0.396 e. The maximum absolute atomic E-state index is 12.4.